The number of anilines is 1. The van der Waals surface area contributed by atoms with Crippen LogP contribution in [0.15, 0.2) is 30.7 Å². The van der Waals surface area contributed by atoms with Crippen LogP contribution in [-0.2, 0) is 4.79 Å². The SMILES string of the molecule is CC(C)N(C(=O)c1cc(F)ccc1Oc1cncnc1N1CC2(CCN(CC3CCC4(CCC(=O)N4)CC3)CC2)C1)C(C)C. The summed E-state index contributed by atoms with van der Waals surface area (Å²) >= 11 is 0. The highest BCUT2D eigenvalue weighted by Crippen LogP contribution is 2.46. The first-order valence-corrected chi connectivity index (χ1v) is 16.4. The lowest BCUT2D eigenvalue weighted by Gasteiger charge is -2.55. The Morgan fingerprint density at radius 1 is 1.07 bits per heavy atom. The number of ether oxygens (including phenoxy) is 1. The van der Waals surface area contributed by atoms with Gasteiger partial charge in [0.1, 0.15) is 17.9 Å². The Kier molecular flexibility index (Phi) is 8.56. The number of hydrogen-bond acceptors (Lipinski definition) is 7. The fourth-order valence-corrected chi connectivity index (χ4v) is 8.07. The Bertz CT molecular complexity index is 1350. The predicted molar refractivity (Wildman–Crippen MR) is 167 cm³/mol. The highest BCUT2D eigenvalue weighted by atomic mass is 19.1. The van der Waals surface area contributed by atoms with Gasteiger partial charge in [-0.05, 0) is 110 Å². The van der Waals surface area contributed by atoms with Crippen LogP contribution < -0.4 is 15.0 Å². The standard InChI is InChI=1S/C34H47FN6O3/c1-23(2)41(24(3)4)32(43)27-17-26(35)5-6-28(27)44-29-18-36-22-37-31(29)40-20-33(21-40)13-15-39(16-14-33)19-25-7-10-34(11-8-25)12-9-30(42)38-34/h5-6,17-18,22-25H,7-16,19-21H2,1-4H3,(H,38,42). The third-order valence-corrected chi connectivity index (χ3v) is 10.5. The van der Waals surface area contributed by atoms with Crippen LogP contribution in [0.5, 0.6) is 11.5 Å². The second-order valence-corrected chi connectivity index (χ2v) is 14.3. The van der Waals surface area contributed by atoms with Crippen molar-refractivity contribution in [1.29, 1.82) is 0 Å². The monoisotopic (exact) mass is 606 g/mol. The average molecular weight is 607 g/mol. The molecule has 1 aromatic carbocycles. The lowest BCUT2D eigenvalue weighted by molar-refractivity contribution is -0.120. The number of aromatic nitrogens is 2. The molecule has 3 saturated heterocycles. The van der Waals surface area contributed by atoms with Crippen LogP contribution >= 0.6 is 0 Å². The first kappa shape index (κ1) is 30.7. The molecule has 4 heterocycles. The molecule has 4 fully saturated rings. The van der Waals surface area contributed by atoms with Crippen molar-refractivity contribution in [2.24, 2.45) is 11.3 Å². The van der Waals surface area contributed by atoms with Gasteiger partial charge < -0.3 is 24.8 Å². The van der Waals surface area contributed by atoms with Gasteiger partial charge in [0, 0.05) is 49.1 Å². The van der Waals surface area contributed by atoms with Crippen LogP contribution in [0.2, 0.25) is 0 Å². The van der Waals surface area contributed by atoms with E-state index in [1.165, 1.54) is 37.4 Å². The first-order valence-electron chi connectivity index (χ1n) is 16.4. The van der Waals surface area contributed by atoms with Gasteiger partial charge in [0.15, 0.2) is 11.6 Å². The van der Waals surface area contributed by atoms with Crippen molar-refractivity contribution in [2.45, 2.75) is 96.7 Å². The summed E-state index contributed by atoms with van der Waals surface area (Å²) in [4.78, 5) is 40.7. The van der Waals surface area contributed by atoms with Gasteiger partial charge in [-0.2, -0.15) is 0 Å². The Morgan fingerprint density at radius 2 is 1.77 bits per heavy atom. The summed E-state index contributed by atoms with van der Waals surface area (Å²) < 4.78 is 20.6. The summed E-state index contributed by atoms with van der Waals surface area (Å²) in [5.74, 6) is 1.67. The number of carbonyl (C=O) groups is 2. The van der Waals surface area contributed by atoms with E-state index in [-0.39, 0.29) is 40.4 Å². The molecule has 2 spiro atoms. The maximum atomic E-state index is 14.3. The van der Waals surface area contributed by atoms with Crippen LogP contribution in [0.25, 0.3) is 0 Å². The molecule has 0 atom stereocenters. The molecular weight excluding hydrogens is 559 g/mol. The fraction of sp³-hybridized carbons (Fsp3) is 0.647. The maximum absolute atomic E-state index is 14.3. The molecule has 1 aromatic heterocycles. The fourth-order valence-electron chi connectivity index (χ4n) is 8.07. The number of hydrogen-bond donors (Lipinski definition) is 1. The zero-order valence-electron chi connectivity index (χ0n) is 26.6. The Balaban J connectivity index is 1.06. The van der Waals surface area contributed by atoms with Gasteiger partial charge in [-0.15, -0.1) is 0 Å². The smallest absolute Gasteiger partial charge is 0.258 e. The highest BCUT2D eigenvalue weighted by Gasteiger charge is 2.47. The van der Waals surface area contributed by atoms with Gasteiger partial charge >= 0.3 is 0 Å². The molecule has 2 aromatic rings. The molecule has 10 heteroatoms. The number of carbonyl (C=O) groups excluding carboxylic acids is 2. The van der Waals surface area contributed by atoms with E-state index in [1.807, 2.05) is 27.7 Å². The highest BCUT2D eigenvalue weighted by molar-refractivity contribution is 5.97. The van der Waals surface area contributed by atoms with Crippen molar-refractivity contribution in [3.8, 4) is 11.5 Å². The van der Waals surface area contributed by atoms with E-state index >= 15 is 0 Å². The molecule has 0 unspecified atom stereocenters. The largest absolute Gasteiger partial charge is 0.451 e. The van der Waals surface area contributed by atoms with E-state index in [1.54, 1.807) is 11.1 Å². The molecule has 9 nitrogen and oxygen atoms in total. The van der Waals surface area contributed by atoms with Gasteiger partial charge in [0.25, 0.3) is 5.91 Å². The molecule has 1 aliphatic carbocycles. The van der Waals surface area contributed by atoms with Crippen molar-refractivity contribution in [3.05, 3.63) is 42.1 Å². The third kappa shape index (κ3) is 6.28. The molecular formula is C34H47FN6O3. The lowest BCUT2D eigenvalue weighted by atomic mass is 9.71. The second kappa shape index (κ2) is 12.3. The predicted octanol–water partition coefficient (Wildman–Crippen LogP) is 5.41. The summed E-state index contributed by atoms with van der Waals surface area (Å²) in [5, 5.41) is 3.27. The van der Waals surface area contributed by atoms with Gasteiger partial charge in [0.05, 0.1) is 11.8 Å². The number of rotatable bonds is 8. The zero-order chi connectivity index (χ0) is 31.1. The minimum absolute atomic E-state index is 0.0473. The number of halogens is 1. The minimum Gasteiger partial charge on any atom is -0.451 e. The molecule has 0 radical (unpaired) electrons. The van der Waals surface area contributed by atoms with Crippen LogP contribution in [0, 0.1) is 17.2 Å². The molecule has 44 heavy (non-hydrogen) atoms. The normalized spacial score (nSPS) is 25.0. The molecule has 238 valence electrons. The van der Waals surface area contributed by atoms with Crippen LogP contribution in [0.1, 0.15) is 89.4 Å². The van der Waals surface area contributed by atoms with E-state index in [4.69, 9.17) is 4.74 Å². The van der Waals surface area contributed by atoms with E-state index in [9.17, 15) is 14.0 Å². The number of benzene rings is 1. The van der Waals surface area contributed by atoms with E-state index in [0.29, 0.717) is 23.7 Å². The van der Waals surface area contributed by atoms with Crippen LogP contribution in [0.4, 0.5) is 10.2 Å². The molecule has 3 aliphatic heterocycles. The van der Waals surface area contributed by atoms with Crippen LogP contribution in [-0.4, -0.2) is 81.9 Å². The number of nitrogens with zero attached hydrogens (tertiary/aromatic N) is 5. The van der Waals surface area contributed by atoms with Gasteiger partial charge in [0.2, 0.25) is 5.91 Å². The van der Waals surface area contributed by atoms with Crippen molar-refractivity contribution >= 4 is 17.6 Å². The minimum atomic E-state index is -0.483. The van der Waals surface area contributed by atoms with E-state index in [2.05, 4.69) is 25.1 Å². The number of piperidine rings is 1. The zero-order valence-corrected chi connectivity index (χ0v) is 26.6. The molecule has 6 rings (SSSR count). The Hall–Kier alpha value is -3.27. The average Bonchev–Trinajstić information content (AvgIpc) is 3.34. The second-order valence-electron chi connectivity index (χ2n) is 14.3. The quantitative estimate of drug-likeness (QED) is 0.430. The van der Waals surface area contributed by atoms with Crippen molar-refractivity contribution in [2.75, 3.05) is 37.6 Å². The number of likely N-dealkylation sites (tertiary alicyclic amines) is 1. The molecule has 0 bridgehead atoms. The summed E-state index contributed by atoms with van der Waals surface area (Å²) in [5.41, 5.74) is 0.556. The summed E-state index contributed by atoms with van der Waals surface area (Å²) in [6.07, 6.45) is 11.9. The van der Waals surface area contributed by atoms with Gasteiger partial charge in [-0.3, -0.25) is 9.59 Å². The van der Waals surface area contributed by atoms with Gasteiger partial charge in [-0.1, -0.05) is 0 Å². The Labute approximate surface area is 260 Å². The van der Waals surface area contributed by atoms with Crippen molar-refractivity contribution in [3.63, 3.8) is 0 Å². The summed E-state index contributed by atoms with van der Waals surface area (Å²) in [6.45, 7) is 13.0. The number of amides is 2. The first-order chi connectivity index (χ1) is 21.1. The molecule has 1 N–H and O–H groups in total. The molecule has 1 saturated carbocycles. The summed E-state index contributed by atoms with van der Waals surface area (Å²) in [7, 11) is 0. The topological polar surface area (TPSA) is 90.9 Å². The van der Waals surface area contributed by atoms with E-state index in [0.717, 1.165) is 70.7 Å². The van der Waals surface area contributed by atoms with E-state index < -0.39 is 5.82 Å². The lowest BCUT2D eigenvalue weighted by Crippen LogP contribution is -2.61. The van der Waals surface area contributed by atoms with Crippen molar-refractivity contribution < 1.29 is 18.7 Å². The van der Waals surface area contributed by atoms with Crippen molar-refractivity contribution in [1.82, 2.24) is 25.1 Å². The summed E-state index contributed by atoms with van der Waals surface area (Å²) in [6, 6.07) is 3.99. The van der Waals surface area contributed by atoms with Gasteiger partial charge in [-0.25, -0.2) is 14.4 Å². The van der Waals surface area contributed by atoms with Crippen LogP contribution in [0.3, 0.4) is 0 Å². The molecule has 2 amide bonds. The maximum Gasteiger partial charge on any atom is 0.258 e. The third-order valence-electron chi connectivity index (χ3n) is 10.5. The molecule has 4 aliphatic rings. The number of nitrogens with one attached hydrogen (secondary N) is 1. The Morgan fingerprint density at radius 3 is 2.41 bits per heavy atom.